The minimum atomic E-state index is -4.18. The van der Waals surface area contributed by atoms with Gasteiger partial charge in [-0.2, -0.15) is 13.2 Å². The normalized spacial score (nSPS) is 19.6. The Kier molecular flexibility index (Phi) is 2.56. The van der Waals surface area contributed by atoms with Gasteiger partial charge in [-0.05, 0) is 16.3 Å². The van der Waals surface area contributed by atoms with Crippen molar-refractivity contribution in [2.45, 2.75) is 16.3 Å². The molecule has 0 aliphatic carbocycles. The van der Waals surface area contributed by atoms with Crippen molar-refractivity contribution in [3.8, 4) is 0 Å². The van der Waals surface area contributed by atoms with Gasteiger partial charge in [-0.1, -0.05) is 58.0 Å². The Morgan fingerprint density at radius 2 is 1.76 bits per heavy atom. The Morgan fingerprint density at radius 3 is 2.53 bits per heavy atom. The molecule has 3 rings (SSSR count). The summed E-state index contributed by atoms with van der Waals surface area (Å²) in [5.74, 6) is 0. The van der Waals surface area contributed by atoms with Crippen molar-refractivity contribution in [3.05, 3.63) is 42.0 Å². The maximum Gasteiger partial charge on any atom is 0.405 e. The lowest BCUT2D eigenvalue weighted by Gasteiger charge is -2.14. The largest absolute Gasteiger partial charge is 0.405 e. The quantitative estimate of drug-likeness (QED) is 0.605. The fourth-order valence-corrected chi connectivity index (χ4v) is 4.95. The first-order chi connectivity index (χ1) is 8.07. The van der Waals surface area contributed by atoms with Gasteiger partial charge in [-0.25, -0.2) is 0 Å². The molecular formula is C12H7F3S2. The Bertz CT molecular complexity index is 577. The fraction of sp³-hybridized carbons (Fsp3) is 0.167. The van der Waals surface area contributed by atoms with Crippen LogP contribution in [0.15, 0.2) is 41.3 Å². The van der Waals surface area contributed by atoms with Gasteiger partial charge in [0.2, 0.25) is 0 Å². The maximum absolute atomic E-state index is 12.8. The van der Waals surface area contributed by atoms with Gasteiger partial charge in [0.15, 0.2) is 0 Å². The highest BCUT2D eigenvalue weighted by Crippen LogP contribution is 2.60. The van der Waals surface area contributed by atoms with E-state index in [4.69, 9.17) is 0 Å². The molecule has 1 aliphatic heterocycles. The molecule has 1 unspecified atom stereocenters. The lowest BCUT2D eigenvalue weighted by Crippen LogP contribution is -2.15. The second-order valence-corrected chi connectivity index (χ2v) is 6.12. The van der Waals surface area contributed by atoms with Crippen molar-refractivity contribution in [3.63, 3.8) is 0 Å². The van der Waals surface area contributed by atoms with Gasteiger partial charge in [-0.15, -0.1) is 0 Å². The number of halogens is 3. The maximum atomic E-state index is 12.8. The van der Waals surface area contributed by atoms with E-state index in [9.17, 15) is 13.2 Å². The number of hydrogen-bond donors (Lipinski definition) is 0. The second-order valence-electron chi connectivity index (χ2n) is 3.81. The number of fused-ring (bicyclic) bond motifs is 3. The lowest BCUT2D eigenvalue weighted by atomic mass is 10.0. The van der Waals surface area contributed by atoms with Crippen LogP contribution in [0.4, 0.5) is 13.2 Å². The van der Waals surface area contributed by atoms with Crippen LogP contribution in [0.2, 0.25) is 0 Å². The minimum absolute atomic E-state index is 0.395. The second kappa shape index (κ2) is 3.85. The summed E-state index contributed by atoms with van der Waals surface area (Å²) in [7, 11) is 2.11. The molecule has 17 heavy (non-hydrogen) atoms. The van der Waals surface area contributed by atoms with Crippen molar-refractivity contribution in [2.24, 2.45) is 0 Å². The standard InChI is InChI=1S/C12H7F3S2/c13-12(14,15)11-9-6-5-7-3-1-2-4-8(7)10(9)16-17-11/h1-6,11H. The molecule has 0 bridgehead atoms. The first-order valence-electron chi connectivity index (χ1n) is 4.99. The molecule has 1 heterocycles. The van der Waals surface area contributed by atoms with E-state index in [0.717, 1.165) is 26.5 Å². The molecule has 0 saturated heterocycles. The van der Waals surface area contributed by atoms with Gasteiger partial charge in [-0.3, -0.25) is 0 Å². The van der Waals surface area contributed by atoms with Crippen LogP contribution in [0.25, 0.3) is 10.8 Å². The highest BCUT2D eigenvalue weighted by atomic mass is 33.1. The molecule has 1 atom stereocenters. The van der Waals surface area contributed by atoms with Gasteiger partial charge < -0.3 is 0 Å². The lowest BCUT2D eigenvalue weighted by molar-refractivity contribution is -0.129. The third kappa shape index (κ3) is 1.81. The molecule has 0 N–H and O–H groups in total. The summed E-state index contributed by atoms with van der Waals surface area (Å²) in [6.45, 7) is 0. The summed E-state index contributed by atoms with van der Waals surface area (Å²) in [4.78, 5) is 0.760. The van der Waals surface area contributed by atoms with Gasteiger partial charge in [0.1, 0.15) is 5.25 Å². The molecule has 0 saturated carbocycles. The van der Waals surface area contributed by atoms with E-state index < -0.39 is 11.4 Å². The van der Waals surface area contributed by atoms with E-state index in [2.05, 4.69) is 0 Å². The third-order valence-corrected chi connectivity index (χ3v) is 5.52. The predicted octanol–water partition coefficient (Wildman–Crippen LogP) is 5.20. The van der Waals surface area contributed by atoms with Crippen LogP contribution in [-0.4, -0.2) is 6.18 Å². The van der Waals surface area contributed by atoms with Crippen LogP contribution in [0, 0.1) is 0 Å². The van der Waals surface area contributed by atoms with Crippen LogP contribution in [0.1, 0.15) is 10.8 Å². The number of rotatable bonds is 0. The molecule has 0 fully saturated rings. The van der Waals surface area contributed by atoms with Gasteiger partial charge in [0.25, 0.3) is 0 Å². The van der Waals surface area contributed by atoms with Crippen LogP contribution >= 0.6 is 21.6 Å². The summed E-state index contributed by atoms with van der Waals surface area (Å²) >= 11 is 0. The molecule has 0 nitrogen and oxygen atoms in total. The number of alkyl halides is 3. The molecule has 2 aromatic rings. The van der Waals surface area contributed by atoms with Gasteiger partial charge >= 0.3 is 6.18 Å². The minimum Gasteiger partial charge on any atom is -0.169 e. The Hall–Kier alpha value is -0.810. The molecule has 0 aromatic heterocycles. The van der Waals surface area contributed by atoms with Crippen molar-refractivity contribution in [1.82, 2.24) is 0 Å². The Balaban J connectivity index is 2.21. The third-order valence-electron chi connectivity index (χ3n) is 2.72. The zero-order valence-electron chi connectivity index (χ0n) is 8.49. The monoisotopic (exact) mass is 272 g/mol. The molecule has 5 heteroatoms. The molecule has 88 valence electrons. The topological polar surface area (TPSA) is 0 Å². The number of hydrogen-bond acceptors (Lipinski definition) is 2. The molecule has 0 spiro atoms. The predicted molar refractivity (Wildman–Crippen MR) is 66.2 cm³/mol. The van der Waals surface area contributed by atoms with Crippen molar-refractivity contribution in [2.75, 3.05) is 0 Å². The van der Waals surface area contributed by atoms with Gasteiger partial charge in [0.05, 0.1) is 0 Å². The molecule has 2 aromatic carbocycles. The SMILES string of the molecule is FC(F)(F)C1SSc2c1ccc1ccccc21. The summed E-state index contributed by atoms with van der Waals surface area (Å²) in [5, 5.41) is 0.503. The van der Waals surface area contributed by atoms with Crippen LogP contribution in [0.3, 0.4) is 0 Å². The van der Waals surface area contributed by atoms with E-state index in [1.165, 1.54) is 10.8 Å². The first kappa shape index (κ1) is 11.3. The smallest absolute Gasteiger partial charge is 0.169 e. The molecular weight excluding hydrogens is 265 g/mol. The first-order valence-corrected chi connectivity index (χ1v) is 7.20. The highest BCUT2D eigenvalue weighted by molar-refractivity contribution is 8.77. The van der Waals surface area contributed by atoms with E-state index in [-0.39, 0.29) is 0 Å². The number of benzene rings is 2. The van der Waals surface area contributed by atoms with E-state index in [0.29, 0.717) is 5.56 Å². The summed E-state index contributed by atoms with van der Waals surface area (Å²) < 4.78 is 38.4. The summed E-state index contributed by atoms with van der Waals surface area (Å²) in [5.41, 5.74) is 0.395. The van der Waals surface area contributed by atoms with E-state index in [1.807, 2.05) is 24.3 Å². The van der Waals surface area contributed by atoms with E-state index >= 15 is 0 Å². The molecule has 0 amide bonds. The Labute approximate surface area is 104 Å². The molecule has 1 aliphatic rings. The van der Waals surface area contributed by atoms with Crippen LogP contribution < -0.4 is 0 Å². The van der Waals surface area contributed by atoms with Crippen LogP contribution in [-0.2, 0) is 0 Å². The summed E-state index contributed by atoms with van der Waals surface area (Å²) in [6.07, 6.45) is -4.18. The fourth-order valence-electron chi connectivity index (χ4n) is 1.94. The Morgan fingerprint density at radius 1 is 1.00 bits per heavy atom. The van der Waals surface area contributed by atoms with Crippen molar-refractivity contribution < 1.29 is 13.2 Å². The van der Waals surface area contributed by atoms with Gasteiger partial charge in [0, 0.05) is 4.90 Å². The van der Waals surface area contributed by atoms with E-state index in [1.54, 1.807) is 12.1 Å². The van der Waals surface area contributed by atoms with Crippen LogP contribution in [0.5, 0.6) is 0 Å². The average molecular weight is 272 g/mol. The zero-order valence-corrected chi connectivity index (χ0v) is 10.1. The average Bonchev–Trinajstić information content (AvgIpc) is 2.72. The van der Waals surface area contributed by atoms with Crippen molar-refractivity contribution in [1.29, 1.82) is 0 Å². The highest BCUT2D eigenvalue weighted by Gasteiger charge is 2.46. The zero-order chi connectivity index (χ0) is 12.0. The molecule has 0 radical (unpaired) electrons. The summed E-state index contributed by atoms with van der Waals surface area (Å²) in [6, 6.07) is 10.9. The van der Waals surface area contributed by atoms with Crippen molar-refractivity contribution >= 4 is 32.4 Å².